The highest BCUT2D eigenvalue weighted by molar-refractivity contribution is 5.94. The standard InChI is InChI=1S/C19H22N2O2/c1-13-9-15(10-17(22)20-13)18(23)21-11-16(19(2,3)12-21)14-7-5-4-6-8-14/h4-10,16H,11-12H2,1-3H3,(H,20,22)/t16-/m0/s1. The summed E-state index contributed by atoms with van der Waals surface area (Å²) in [6, 6.07) is 13.5. The topological polar surface area (TPSA) is 53.2 Å². The molecule has 1 atom stereocenters. The third-order valence-corrected chi connectivity index (χ3v) is 4.66. The van der Waals surface area contributed by atoms with E-state index in [-0.39, 0.29) is 16.9 Å². The quantitative estimate of drug-likeness (QED) is 0.927. The van der Waals surface area contributed by atoms with Gasteiger partial charge in [-0.3, -0.25) is 9.59 Å². The van der Waals surface area contributed by atoms with E-state index in [1.807, 2.05) is 23.1 Å². The third-order valence-electron chi connectivity index (χ3n) is 4.66. The maximum absolute atomic E-state index is 12.8. The van der Waals surface area contributed by atoms with Crippen molar-refractivity contribution < 1.29 is 4.79 Å². The highest BCUT2D eigenvalue weighted by Gasteiger charge is 2.42. The number of benzene rings is 1. The molecule has 2 heterocycles. The van der Waals surface area contributed by atoms with Gasteiger partial charge in [0.1, 0.15) is 0 Å². The molecule has 2 aromatic rings. The summed E-state index contributed by atoms with van der Waals surface area (Å²) in [5.74, 6) is 0.237. The van der Waals surface area contributed by atoms with Gasteiger partial charge in [-0.15, -0.1) is 0 Å². The van der Waals surface area contributed by atoms with Crippen molar-refractivity contribution in [3.63, 3.8) is 0 Å². The van der Waals surface area contributed by atoms with E-state index in [2.05, 4.69) is 31.0 Å². The molecule has 1 amide bonds. The fraction of sp³-hybridized carbons (Fsp3) is 0.368. The van der Waals surface area contributed by atoms with Crippen LogP contribution in [0.4, 0.5) is 0 Å². The smallest absolute Gasteiger partial charge is 0.254 e. The predicted molar refractivity (Wildman–Crippen MR) is 90.7 cm³/mol. The molecule has 1 aromatic carbocycles. The number of aryl methyl sites for hydroxylation is 1. The number of nitrogens with zero attached hydrogens (tertiary/aromatic N) is 1. The van der Waals surface area contributed by atoms with Crippen LogP contribution in [0.25, 0.3) is 0 Å². The number of pyridine rings is 1. The van der Waals surface area contributed by atoms with Crippen molar-refractivity contribution in [1.82, 2.24) is 9.88 Å². The number of nitrogens with one attached hydrogen (secondary N) is 1. The lowest BCUT2D eigenvalue weighted by Gasteiger charge is -2.25. The minimum Gasteiger partial charge on any atom is -0.337 e. The minimum atomic E-state index is -0.230. The van der Waals surface area contributed by atoms with Gasteiger partial charge in [-0.25, -0.2) is 0 Å². The summed E-state index contributed by atoms with van der Waals surface area (Å²) in [6.45, 7) is 7.56. The summed E-state index contributed by atoms with van der Waals surface area (Å²) >= 11 is 0. The molecule has 0 unspecified atom stereocenters. The Bertz CT molecular complexity index is 777. The van der Waals surface area contributed by atoms with Gasteiger partial charge in [-0.2, -0.15) is 0 Å². The Morgan fingerprint density at radius 2 is 1.91 bits per heavy atom. The number of hydrogen-bond donors (Lipinski definition) is 1. The predicted octanol–water partition coefficient (Wildman–Crippen LogP) is 2.95. The average molecular weight is 310 g/mol. The Hall–Kier alpha value is -2.36. The first kappa shape index (κ1) is 15.5. The van der Waals surface area contributed by atoms with E-state index >= 15 is 0 Å². The molecule has 120 valence electrons. The van der Waals surface area contributed by atoms with Crippen LogP contribution in [-0.4, -0.2) is 28.9 Å². The maximum Gasteiger partial charge on any atom is 0.254 e. The lowest BCUT2D eigenvalue weighted by atomic mass is 9.78. The molecule has 1 aliphatic heterocycles. The van der Waals surface area contributed by atoms with Crippen LogP contribution < -0.4 is 5.56 Å². The summed E-state index contributed by atoms with van der Waals surface area (Å²) in [6.07, 6.45) is 0. The summed E-state index contributed by atoms with van der Waals surface area (Å²) in [7, 11) is 0. The van der Waals surface area contributed by atoms with Gasteiger partial charge < -0.3 is 9.88 Å². The van der Waals surface area contributed by atoms with Gasteiger partial charge in [0.25, 0.3) is 5.91 Å². The van der Waals surface area contributed by atoms with Crippen LogP contribution in [0.3, 0.4) is 0 Å². The maximum atomic E-state index is 12.8. The van der Waals surface area contributed by atoms with Gasteiger partial charge in [0.05, 0.1) is 0 Å². The highest BCUT2D eigenvalue weighted by atomic mass is 16.2. The van der Waals surface area contributed by atoms with Crippen molar-refractivity contribution in [2.75, 3.05) is 13.1 Å². The number of aromatic nitrogens is 1. The molecule has 0 bridgehead atoms. The second-order valence-corrected chi connectivity index (χ2v) is 7.05. The Kier molecular flexibility index (Phi) is 3.84. The molecule has 0 spiro atoms. The van der Waals surface area contributed by atoms with Crippen LogP contribution in [0.15, 0.2) is 47.3 Å². The van der Waals surface area contributed by atoms with E-state index in [0.717, 1.165) is 0 Å². The average Bonchev–Trinajstić information content (AvgIpc) is 2.82. The monoisotopic (exact) mass is 310 g/mol. The molecule has 1 N–H and O–H groups in total. The van der Waals surface area contributed by atoms with Crippen molar-refractivity contribution >= 4 is 5.91 Å². The molecular weight excluding hydrogens is 288 g/mol. The third kappa shape index (κ3) is 3.07. The van der Waals surface area contributed by atoms with Gasteiger partial charge in [-0.05, 0) is 24.0 Å². The zero-order valence-electron chi connectivity index (χ0n) is 13.8. The molecule has 0 saturated carbocycles. The number of hydrogen-bond acceptors (Lipinski definition) is 2. The van der Waals surface area contributed by atoms with Crippen LogP contribution in [0.1, 0.15) is 41.4 Å². The Labute approximate surface area is 136 Å². The molecule has 4 heteroatoms. The van der Waals surface area contributed by atoms with Crippen molar-refractivity contribution in [3.05, 3.63) is 69.6 Å². The van der Waals surface area contributed by atoms with Crippen molar-refractivity contribution in [3.8, 4) is 0 Å². The number of amides is 1. The second-order valence-electron chi connectivity index (χ2n) is 7.05. The van der Waals surface area contributed by atoms with Crippen LogP contribution in [-0.2, 0) is 0 Å². The number of carbonyl (C=O) groups is 1. The number of H-pyrrole nitrogens is 1. The molecule has 0 aliphatic carbocycles. The first-order valence-electron chi connectivity index (χ1n) is 7.92. The largest absolute Gasteiger partial charge is 0.337 e. The van der Waals surface area contributed by atoms with Gasteiger partial charge >= 0.3 is 0 Å². The normalized spacial score (nSPS) is 19.8. The number of rotatable bonds is 2. The molecule has 1 aromatic heterocycles. The van der Waals surface area contributed by atoms with Crippen LogP contribution in [0.5, 0.6) is 0 Å². The van der Waals surface area contributed by atoms with Crippen LogP contribution in [0.2, 0.25) is 0 Å². The minimum absolute atomic E-state index is 0.00720. The highest BCUT2D eigenvalue weighted by Crippen LogP contribution is 2.42. The van der Waals surface area contributed by atoms with Gasteiger partial charge in [0.15, 0.2) is 0 Å². The Balaban J connectivity index is 1.88. The van der Waals surface area contributed by atoms with Gasteiger partial charge in [-0.1, -0.05) is 44.2 Å². The lowest BCUT2D eigenvalue weighted by molar-refractivity contribution is 0.0777. The van der Waals surface area contributed by atoms with Crippen molar-refractivity contribution in [2.24, 2.45) is 5.41 Å². The molecule has 0 radical (unpaired) electrons. The Morgan fingerprint density at radius 3 is 2.57 bits per heavy atom. The van der Waals surface area contributed by atoms with E-state index < -0.39 is 0 Å². The second kappa shape index (κ2) is 5.69. The van der Waals surface area contributed by atoms with Crippen molar-refractivity contribution in [2.45, 2.75) is 26.7 Å². The van der Waals surface area contributed by atoms with Gasteiger partial charge in [0, 0.05) is 36.3 Å². The van der Waals surface area contributed by atoms with E-state index in [0.29, 0.717) is 30.3 Å². The summed E-state index contributed by atoms with van der Waals surface area (Å²) in [5.41, 5.74) is 2.21. The zero-order valence-corrected chi connectivity index (χ0v) is 13.8. The van der Waals surface area contributed by atoms with Crippen molar-refractivity contribution in [1.29, 1.82) is 0 Å². The zero-order chi connectivity index (χ0) is 16.6. The fourth-order valence-electron chi connectivity index (χ4n) is 3.52. The van der Waals surface area contributed by atoms with Crippen LogP contribution in [0, 0.1) is 12.3 Å². The molecule has 1 aliphatic rings. The number of aromatic amines is 1. The van der Waals surface area contributed by atoms with E-state index in [4.69, 9.17) is 0 Å². The van der Waals surface area contributed by atoms with E-state index in [9.17, 15) is 9.59 Å². The lowest BCUT2D eigenvalue weighted by Crippen LogP contribution is -2.31. The number of likely N-dealkylation sites (tertiary alicyclic amines) is 1. The molecule has 4 nitrogen and oxygen atoms in total. The first-order valence-corrected chi connectivity index (χ1v) is 7.92. The fourth-order valence-corrected chi connectivity index (χ4v) is 3.52. The molecule has 1 saturated heterocycles. The molecule has 1 fully saturated rings. The summed E-state index contributed by atoms with van der Waals surface area (Å²) < 4.78 is 0. The molecular formula is C19H22N2O2. The first-order chi connectivity index (χ1) is 10.9. The van der Waals surface area contributed by atoms with E-state index in [1.165, 1.54) is 11.6 Å². The van der Waals surface area contributed by atoms with Crippen LogP contribution >= 0.6 is 0 Å². The number of carbonyl (C=O) groups excluding carboxylic acids is 1. The van der Waals surface area contributed by atoms with Gasteiger partial charge in [0.2, 0.25) is 5.56 Å². The summed E-state index contributed by atoms with van der Waals surface area (Å²) in [4.78, 5) is 29.0. The molecule has 23 heavy (non-hydrogen) atoms. The summed E-state index contributed by atoms with van der Waals surface area (Å²) in [5, 5.41) is 0. The SMILES string of the molecule is Cc1cc(C(=O)N2C[C@@H](c3ccccc3)C(C)(C)C2)cc(=O)[nH]1. The van der Waals surface area contributed by atoms with E-state index in [1.54, 1.807) is 13.0 Å². The Morgan fingerprint density at radius 1 is 1.22 bits per heavy atom. The molecule has 3 rings (SSSR count).